The van der Waals surface area contributed by atoms with Gasteiger partial charge in [0.25, 0.3) is 0 Å². The lowest BCUT2D eigenvalue weighted by atomic mass is 10.3. The molecule has 0 bridgehead atoms. The number of hydrogen-bond acceptors (Lipinski definition) is 2. The molecule has 0 aliphatic carbocycles. The summed E-state index contributed by atoms with van der Waals surface area (Å²) in [6.07, 6.45) is 0. The third kappa shape index (κ3) is 6.22. The zero-order valence-electron chi connectivity index (χ0n) is 14.0. The van der Waals surface area contributed by atoms with Gasteiger partial charge < -0.3 is 0 Å². The Kier molecular flexibility index (Phi) is 7.22. The van der Waals surface area contributed by atoms with Crippen molar-refractivity contribution in [1.29, 1.82) is 0 Å². The lowest BCUT2D eigenvalue weighted by Crippen LogP contribution is -2.51. The fourth-order valence-corrected chi connectivity index (χ4v) is 5.49. The highest BCUT2D eigenvalue weighted by Gasteiger charge is 2.44. The van der Waals surface area contributed by atoms with Crippen molar-refractivity contribution in [3.8, 4) is 0 Å². The molecule has 3 aromatic rings. The van der Waals surface area contributed by atoms with Gasteiger partial charge in [-0.1, -0.05) is 104 Å². The number of alkyl halides is 3. The molecule has 0 saturated heterocycles. The Morgan fingerprint density at radius 3 is 1.04 bits per heavy atom. The molecule has 0 radical (unpaired) electrons. The van der Waals surface area contributed by atoms with Crippen molar-refractivity contribution >= 4 is 37.5 Å². The summed E-state index contributed by atoms with van der Waals surface area (Å²) in [4.78, 5) is 0. The molecule has 0 aromatic heterocycles. The van der Waals surface area contributed by atoms with E-state index in [2.05, 4.69) is 91.0 Å². The molecule has 8 heteroatoms. The van der Waals surface area contributed by atoms with E-state index in [1.807, 2.05) is 0 Å². The first kappa shape index (κ1) is 21.2. The first-order valence-electron chi connectivity index (χ1n) is 7.89. The smallest absolute Gasteiger partial charge is 0.279 e. The van der Waals surface area contributed by atoms with Crippen LogP contribution in [0.3, 0.4) is 0 Å². The third-order valence-electron chi connectivity index (χ3n) is 3.69. The van der Waals surface area contributed by atoms with Gasteiger partial charge in [-0.15, -0.1) is 0 Å². The van der Waals surface area contributed by atoms with Crippen LogP contribution in [-0.4, -0.2) is 32.6 Å². The van der Waals surface area contributed by atoms with Gasteiger partial charge in [0.15, 0.2) is 0 Å². The molecular weight excluding hydrogens is 392 g/mol. The minimum atomic E-state index is -5.84. The topological polar surface area (TPSA) is 54.4 Å². The highest BCUT2D eigenvalue weighted by atomic mass is 32.2. The molecular formula is C19H16AlF3O3S. The second-order valence-electron chi connectivity index (χ2n) is 5.59. The van der Waals surface area contributed by atoms with Crippen molar-refractivity contribution in [1.82, 2.24) is 0 Å². The van der Waals surface area contributed by atoms with E-state index in [9.17, 15) is 13.2 Å². The van der Waals surface area contributed by atoms with Crippen molar-refractivity contribution in [3.05, 3.63) is 91.0 Å². The quantitative estimate of drug-likeness (QED) is 0.412. The normalized spacial score (nSPS) is 11.3. The average molecular weight is 408 g/mol. The maximum Gasteiger partial charge on any atom is 0.522 e. The van der Waals surface area contributed by atoms with Gasteiger partial charge in [0.2, 0.25) is 0 Å². The van der Waals surface area contributed by atoms with Gasteiger partial charge in [0.1, 0.15) is 0 Å². The number of benzene rings is 3. The maximum absolute atomic E-state index is 10.7. The standard InChI is InChI=1S/3C6H5.CHF3O3S.Al/c3*1-2-4-6-5-3-1;2-1(3,4)8(5,6)7;/h3*1-5H;(H,5,6,7);. The van der Waals surface area contributed by atoms with Gasteiger partial charge >= 0.3 is 29.8 Å². The van der Waals surface area contributed by atoms with Crippen LogP contribution in [0.4, 0.5) is 13.2 Å². The number of rotatable bonds is 3. The molecule has 0 aliphatic heterocycles. The zero-order chi connectivity index (χ0) is 19.9. The molecule has 27 heavy (non-hydrogen) atoms. The number of hydrogen-bond donors (Lipinski definition) is 1. The van der Waals surface area contributed by atoms with Crippen LogP contribution < -0.4 is 13.3 Å². The first-order chi connectivity index (χ1) is 12.7. The van der Waals surface area contributed by atoms with Crippen LogP contribution in [0.5, 0.6) is 0 Å². The summed E-state index contributed by atoms with van der Waals surface area (Å²) in [6.45, 7) is 0. The van der Waals surface area contributed by atoms with E-state index < -0.39 is 29.8 Å². The predicted octanol–water partition coefficient (Wildman–Crippen LogP) is 2.60. The predicted molar refractivity (Wildman–Crippen MR) is 102 cm³/mol. The molecule has 0 spiro atoms. The Labute approximate surface area is 160 Å². The minimum absolute atomic E-state index is 1.31. The maximum atomic E-state index is 10.7. The van der Waals surface area contributed by atoms with E-state index in [1.165, 1.54) is 13.3 Å². The van der Waals surface area contributed by atoms with E-state index in [-0.39, 0.29) is 0 Å². The Bertz CT molecular complexity index is 838. The summed E-state index contributed by atoms with van der Waals surface area (Å²) >= 11 is -1.31. The van der Waals surface area contributed by atoms with E-state index >= 15 is 0 Å². The van der Waals surface area contributed by atoms with Crippen LogP contribution in [0.15, 0.2) is 91.0 Å². The van der Waals surface area contributed by atoms with Gasteiger partial charge in [-0.3, -0.25) is 4.55 Å². The van der Waals surface area contributed by atoms with E-state index in [0.717, 1.165) is 0 Å². The van der Waals surface area contributed by atoms with Gasteiger partial charge in [0, 0.05) is 0 Å². The van der Waals surface area contributed by atoms with Crippen molar-refractivity contribution in [2.24, 2.45) is 0 Å². The summed E-state index contributed by atoms with van der Waals surface area (Å²) in [5.74, 6) is 0. The molecule has 0 amide bonds. The first-order valence-corrected chi connectivity index (χ1v) is 11.1. The Morgan fingerprint density at radius 2 is 0.852 bits per heavy atom. The van der Waals surface area contributed by atoms with E-state index in [4.69, 9.17) is 13.0 Å². The molecule has 140 valence electrons. The zero-order valence-corrected chi connectivity index (χ0v) is 16.0. The molecule has 0 heterocycles. The summed E-state index contributed by atoms with van der Waals surface area (Å²) in [5, 5.41) is 0. The van der Waals surface area contributed by atoms with Crippen LogP contribution in [0, 0.1) is 0 Å². The summed E-state index contributed by atoms with van der Waals surface area (Å²) < 4.78 is 62.0. The Morgan fingerprint density at radius 1 is 0.630 bits per heavy atom. The Hall–Kier alpha value is -2.11. The fourth-order valence-electron chi connectivity index (χ4n) is 2.51. The monoisotopic (exact) mass is 408 g/mol. The van der Waals surface area contributed by atoms with Gasteiger partial charge in [-0.2, -0.15) is 21.6 Å². The largest absolute Gasteiger partial charge is 0.522 e. The minimum Gasteiger partial charge on any atom is -0.279 e. The molecule has 1 N–H and O–H groups in total. The highest BCUT2D eigenvalue weighted by Crippen LogP contribution is 2.20. The van der Waals surface area contributed by atoms with Gasteiger partial charge in [-0.25, -0.2) is 0 Å². The third-order valence-corrected chi connectivity index (χ3v) is 7.43. The molecule has 0 unspecified atom stereocenters. The van der Waals surface area contributed by atoms with E-state index in [0.29, 0.717) is 0 Å². The second-order valence-corrected chi connectivity index (χ2v) is 9.86. The summed E-state index contributed by atoms with van der Waals surface area (Å²) in [5.41, 5.74) is -5.53. The second kappa shape index (κ2) is 9.20. The molecule has 3 nitrogen and oxygen atoms in total. The van der Waals surface area contributed by atoms with Gasteiger partial charge in [0.05, 0.1) is 0 Å². The van der Waals surface area contributed by atoms with Crippen molar-refractivity contribution in [2.75, 3.05) is 0 Å². The summed E-state index contributed by atoms with van der Waals surface area (Å²) in [6, 6.07) is 32.7. The molecule has 0 atom stereocenters. The SMILES string of the molecule is O=S(=O)(O)C(F)(F)F.c1cc[c]([Al]([c]2ccccc2)[c]2ccccc2)cc1. The van der Waals surface area contributed by atoms with E-state index in [1.54, 1.807) is 0 Å². The van der Waals surface area contributed by atoms with Gasteiger partial charge in [-0.05, 0) is 0 Å². The van der Waals surface area contributed by atoms with Crippen molar-refractivity contribution in [3.63, 3.8) is 0 Å². The van der Waals surface area contributed by atoms with Crippen LogP contribution in [0.25, 0.3) is 0 Å². The van der Waals surface area contributed by atoms with Crippen LogP contribution in [-0.2, 0) is 10.1 Å². The highest BCUT2D eigenvalue weighted by molar-refractivity contribution is 7.86. The van der Waals surface area contributed by atoms with Crippen molar-refractivity contribution < 1.29 is 26.1 Å². The van der Waals surface area contributed by atoms with Crippen LogP contribution in [0.2, 0.25) is 0 Å². The molecule has 3 rings (SSSR count). The molecule has 0 fully saturated rings. The molecule has 3 aromatic carbocycles. The molecule has 0 saturated carbocycles. The lowest BCUT2D eigenvalue weighted by Gasteiger charge is -2.13. The number of halogens is 3. The fraction of sp³-hybridized carbons (Fsp3) is 0.0526. The molecule has 0 aliphatic rings. The lowest BCUT2D eigenvalue weighted by molar-refractivity contribution is -0.0510. The van der Waals surface area contributed by atoms with Crippen LogP contribution >= 0.6 is 0 Å². The average Bonchev–Trinajstić information content (AvgIpc) is 2.64. The van der Waals surface area contributed by atoms with Crippen molar-refractivity contribution in [2.45, 2.75) is 5.51 Å². The Balaban J connectivity index is 0.000000279. The van der Waals surface area contributed by atoms with Crippen LogP contribution in [0.1, 0.15) is 0 Å². The summed E-state index contributed by atoms with van der Waals surface area (Å²) in [7, 11) is -5.84.